The summed E-state index contributed by atoms with van der Waals surface area (Å²) in [5.74, 6) is 0.975. The van der Waals surface area contributed by atoms with Gasteiger partial charge in [0.1, 0.15) is 11.5 Å². The van der Waals surface area contributed by atoms with Crippen LogP contribution in [0.2, 0.25) is 0 Å². The Balaban J connectivity index is 1.83. The maximum atomic E-state index is 12.6. The number of Topliss-reactive ketones (excluding diaryl/α,β-unsaturated/α-hetero) is 1. The van der Waals surface area contributed by atoms with Crippen LogP contribution in [0.1, 0.15) is 32.6 Å². The highest BCUT2D eigenvalue weighted by Crippen LogP contribution is 2.36. The van der Waals surface area contributed by atoms with Crippen LogP contribution in [0.3, 0.4) is 0 Å². The standard InChI is InChI=1S/C17H20N2O3/c1-17(7-5-11(20)6-8-17)16(21)19-15-10-18-14-4-3-12(22-2)9-13(14)15/h3-4,9-10,18H,5-8H2,1-2H3,(H,19,21). The molecule has 1 heterocycles. The second-order valence-corrected chi connectivity index (χ2v) is 6.17. The molecule has 0 unspecified atom stereocenters. The molecular weight excluding hydrogens is 280 g/mol. The van der Waals surface area contributed by atoms with Gasteiger partial charge >= 0.3 is 0 Å². The van der Waals surface area contributed by atoms with Gasteiger partial charge in [-0.15, -0.1) is 0 Å². The second kappa shape index (κ2) is 5.48. The zero-order valence-electron chi connectivity index (χ0n) is 12.9. The van der Waals surface area contributed by atoms with E-state index in [1.165, 1.54) is 0 Å². The molecule has 116 valence electrons. The minimum atomic E-state index is -0.476. The Labute approximate surface area is 129 Å². The Hall–Kier alpha value is -2.30. The fourth-order valence-corrected chi connectivity index (χ4v) is 2.91. The number of carbonyl (C=O) groups is 2. The summed E-state index contributed by atoms with van der Waals surface area (Å²) in [5.41, 5.74) is 1.22. The minimum Gasteiger partial charge on any atom is -0.497 e. The first-order valence-corrected chi connectivity index (χ1v) is 7.50. The molecule has 1 aliphatic carbocycles. The highest BCUT2D eigenvalue weighted by Gasteiger charge is 2.37. The third-order valence-corrected chi connectivity index (χ3v) is 4.60. The molecule has 0 bridgehead atoms. The van der Waals surface area contributed by atoms with E-state index in [-0.39, 0.29) is 11.7 Å². The third kappa shape index (κ3) is 2.58. The van der Waals surface area contributed by atoms with Gasteiger partial charge in [-0.1, -0.05) is 6.92 Å². The van der Waals surface area contributed by atoms with E-state index in [1.807, 2.05) is 25.1 Å². The van der Waals surface area contributed by atoms with Gasteiger partial charge < -0.3 is 15.0 Å². The molecule has 22 heavy (non-hydrogen) atoms. The van der Waals surface area contributed by atoms with Crippen LogP contribution in [-0.4, -0.2) is 23.8 Å². The van der Waals surface area contributed by atoms with Gasteiger partial charge in [0.25, 0.3) is 0 Å². The van der Waals surface area contributed by atoms with Crippen molar-refractivity contribution in [1.29, 1.82) is 0 Å². The lowest BCUT2D eigenvalue weighted by Crippen LogP contribution is -2.37. The predicted octanol–water partition coefficient (Wildman–Crippen LogP) is 3.26. The van der Waals surface area contributed by atoms with Crippen molar-refractivity contribution in [3.8, 4) is 5.75 Å². The molecule has 0 aliphatic heterocycles. The van der Waals surface area contributed by atoms with E-state index in [2.05, 4.69) is 10.3 Å². The lowest BCUT2D eigenvalue weighted by molar-refractivity contribution is -0.130. The summed E-state index contributed by atoms with van der Waals surface area (Å²) in [5, 5.41) is 3.92. The Bertz CT molecular complexity index is 723. The van der Waals surface area contributed by atoms with Crippen molar-refractivity contribution in [2.75, 3.05) is 12.4 Å². The van der Waals surface area contributed by atoms with Crippen molar-refractivity contribution in [2.45, 2.75) is 32.6 Å². The van der Waals surface area contributed by atoms with Crippen molar-refractivity contribution in [3.63, 3.8) is 0 Å². The number of carbonyl (C=O) groups excluding carboxylic acids is 2. The number of hydrogen-bond acceptors (Lipinski definition) is 3. The molecule has 1 saturated carbocycles. The van der Waals surface area contributed by atoms with Crippen molar-refractivity contribution < 1.29 is 14.3 Å². The second-order valence-electron chi connectivity index (χ2n) is 6.17. The van der Waals surface area contributed by atoms with Crippen LogP contribution in [-0.2, 0) is 9.59 Å². The maximum absolute atomic E-state index is 12.6. The first-order valence-electron chi connectivity index (χ1n) is 7.50. The van der Waals surface area contributed by atoms with E-state index >= 15 is 0 Å². The Kier molecular flexibility index (Phi) is 3.64. The molecule has 0 saturated heterocycles. The molecule has 0 radical (unpaired) electrons. The number of hydrogen-bond donors (Lipinski definition) is 2. The molecular formula is C17H20N2O3. The van der Waals surface area contributed by atoms with Gasteiger partial charge in [0.15, 0.2) is 0 Å². The molecule has 0 atom stereocenters. The van der Waals surface area contributed by atoms with Gasteiger partial charge in [0.05, 0.1) is 12.8 Å². The molecule has 5 heteroatoms. The van der Waals surface area contributed by atoms with E-state index in [0.717, 1.165) is 22.3 Å². The molecule has 1 aliphatic rings. The molecule has 2 aromatic rings. The Morgan fingerprint density at radius 3 is 2.73 bits per heavy atom. The molecule has 3 rings (SSSR count). The third-order valence-electron chi connectivity index (χ3n) is 4.60. The topological polar surface area (TPSA) is 71.2 Å². The average molecular weight is 300 g/mol. The summed E-state index contributed by atoms with van der Waals surface area (Å²) in [6.45, 7) is 1.93. The number of methoxy groups -OCH3 is 1. The number of benzene rings is 1. The summed E-state index contributed by atoms with van der Waals surface area (Å²) in [6.07, 6.45) is 4.00. The van der Waals surface area contributed by atoms with Crippen molar-refractivity contribution in [3.05, 3.63) is 24.4 Å². The molecule has 1 fully saturated rings. The zero-order chi connectivity index (χ0) is 15.7. The van der Waals surface area contributed by atoms with Gasteiger partial charge in [-0.2, -0.15) is 0 Å². The number of aromatic amines is 1. The molecule has 1 amide bonds. The number of anilines is 1. The number of H-pyrrole nitrogens is 1. The lowest BCUT2D eigenvalue weighted by Gasteiger charge is -2.31. The monoisotopic (exact) mass is 300 g/mol. The number of rotatable bonds is 3. The van der Waals surface area contributed by atoms with Gasteiger partial charge in [-0.25, -0.2) is 0 Å². The van der Waals surface area contributed by atoms with Gasteiger partial charge in [0, 0.05) is 35.4 Å². The summed E-state index contributed by atoms with van der Waals surface area (Å²) >= 11 is 0. The van der Waals surface area contributed by atoms with Gasteiger partial charge in [-0.3, -0.25) is 9.59 Å². The van der Waals surface area contributed by atoms with Crippen molar-refractivity contribution >= 4 is 28.3 Å². The lowest BCUT2D eigenvalue weighted by atomic mass is 9.74. The smallest absolute Gasteiger partial charge is 0.230 e. The molecule has 2 N–H and O–H groups in total. The van der Waals surface area contributed by atoms with Gasteiger partial charge in [0.2, 0.25) is 5.91 Å². The number of ketones is 1. The number of nitrogens with one attached hydrogen (secondary N) is 2. The molecule has 5 nitrogen and oxygen atoms in total. The van der Waals surface area contributed by atoms with E-state index in [0.29, 0.717) is 25.7 Å². The van der Waals surface area contributed by atoms with Crippen LogP contribution in [0.4, 0.5) is 5.69 Å². The predicted molar refractivity (Wildman–Crippen MR) is 85.1 cm³/mol. The van der Waals surface area contributed by atoms with Crippen molar-refractivity contribution in [1.82, 2.24) is 4.98 Å². The van der Waals surface area contributed by atoms with E-state index < -0.39 is 5.41 Å². The Morgan fingerprint density at radius 2 is 2.05 bits per heavy atom. The van der Waals surface area contributed by atoms with Crippen molar-refractivity contribution in [2.24, 2.45) is 5.41 Å². The van der Waals surface area contributed by atoms with Crippen LogP contribution in [0, 0.1) is 5.41 Å². The van der Waals surface area contributed by atoms with Crippen LogP contribution in [0.5, 0.6) is 5.75 Å². The molecule has 1 aromatic heterocycles. The highest BCUT2D eigenvalue weighted by atomic mass is 16.5. The molecule has 0 spiro atoms. The van der Waals surface area contributed by atoms with Gasteiger partial charge in [-0.05, 0) is 31.0 Å². The summed E-state index contributed by atoms with van der Waals surface area (Å²) in [4.78, 5) is 27.2. The molecule has 1 aromatic carbocycles. The first kappa shape index (κ1) is 14.6. The zero-order valence-corrected chi connectivity index (χ0v) is 12.9. The van der Waals surface area contributed by atoms with Crippen LogP contribution in [0.15, 0.2) is 24.4 Å². The number of amides is 1. The number of fused-ring (bicyclic) bond motifs is 1. The quantitative estimate of drug-likeness (QED) is 0.914. The van der Waals surface area contributed by atoms with E-state index in [9.17, 15) is 9.59 Å². The van der Waals surface area contributed by atoms with E-state index in [1.54, 1.807) is 13.3 Å². The summed E-state index contributed by atoms with van der Waals surface area (Å²) < 4.78 is 5.24. The minimum absolute atomic E-state index is 0.0243. The largest absolute Gasteiger partial charge is 0.497 e. The fourth-order valence-electron chi connectivity index (χ4n) is 2.91. The first-order chi connectivity index (χ1) is 10.5. The SMILES string of the molecule is COc1ccc2[nH]cc(NC(=O)C3(C)CCC(=O)CC3)c2c1. The van der Waals surface area contributed by atoms with Crippen LogP contribution in [0.25, 0.3) is 10.9 Å². The highest BCUT2D eigenvalue weighted by molar-refractivity contribution is 6.04. The van der Waals surface area contributed by atoms with Crippen LogP contribution >= 0.6 is 0 Å². The van der Waals surface area contributed by atoms with Crippen LogP contribution < -0.4 is 10.1 Å². The van der Waals surface area contributed by atoms with E-state index in [4.69, 9.17) is 4.74 Å². The number of ether oxygens (including phenoxy) is 1. The number of aromatic nitrogens is 1. The maximum Gasteiger partial charge on any atom is 0.230 e. The summed E-state index contributed by atoms with van der Waals surface area (Å²) in [7, 11) is 1.62. The Morgan fingerprint density at radius 1 is 1.32 bits per heavy atom. The average Bonchev–Trinajstić information content (AvgIpc) is 2.92. The fraction of sp³-hybridized carbons (Fsp3) is 0.412. The summed E-state index contributed by atoms with van der Waals surface area (Å²) in [6, 6.07) is 5.69. The normalized spacial score (nSPS) is 17.5.